The maximum absolute atomic E-state index is 7.47. The second-order valence-electron chi connectivity index (χ2n) is 6.01. The summed E-state index contributed by atoms with van der Waals surface area (Å²) in [5.41, 5.74) is 5.53. The fraction of sp³-hybridized carbons (Fsp3) is 0.923. The summed E-state index contributed by atoms with van der Waals surface area (Å²) in [7, 11) is 0. The molecule has 3 aliphatic rings. The fourth-order valence-corrected chi connectivity index (χ4v) is 3.99. The van der Waals surface area contributed by atoms with Gasteiger partial charge in [-0.15, -0.1) is 0 Å². The fourth-order valence-electron chi connectivity index (χ4n) is 3.99. The lowest BCUT2D eigenvalue weighted by molar-refractivity contribution is -0.00335. The number of amidine groups is 1. The SMILES string of the molecule is N=C(N)C1CN(CC2CC3CCC2C3)CCO1. The van der Waals surface area contributed by atoms with Crippen LogP contribution in [0, 0.1) is 23.2 Å². The Balaban J connectivity index is 1.53. The summed E-state index contributed by atoms with van der Waals surface area (Å²) in [6, 6.07) is 0. The first-order chi connectivity index (χ1) is 8.22. The highest BCUT2D eigenvalue weighted by Gasteiger charge is 2.40. The van der Waals surface area contributed by atoms with Gasteiger partial charge >= 0.3 is 0 Å². The van der Waals surface area contributed by atoms with Crippen LogP contribution in [0.25, 0.3) is 0 Å². The Bertz CT molecular complexity index is 307. The summed E-state index contributed by atoms with van der Waals surface area (Å²) in [6.45, 7) is 3.76. The molecular weight excluding hydrogens is 214 g/mol. The lowest BCUT2D eigenvalue weighted by Crippen LogP contribution is -2.49. The molecule has 3 fully saturated rings. The van der Waals surface area contributed by atoms with E-state index in [-0.39, 0.29) is 11.9 Å². The molecule has 96 valence electrons. The van der Waals surface area contributed by atoms with Crippen LogP contribution < -0.4 is 5.73 Å². The molecule has 17 heavy (non-hydrogen) atoms. The quantitative estimate of drug-likeness (QED) is 0.570. The third kappa shape index (κ3) is 2.33. The van der Waals surface area contributed by atoms with Gasteiger partial charge in [0, 0.05) is 19.6 Å². The highest BCUT2D eigenvalue weighted by molar-refractivity contribution is 5.82. The van der Waals surface area contributed by atoms with Crippen molar-refractivity contribution in [2.75, 3.05) is 26.2 Å². The van der Waals surface area contributed by atoms with Crippen molar-refractivity contribution in [2.45, 2.75) is 31.8 Å². The molecular formula is C13H23N3O. The molecule has 4 heteroatoms. The minimum atomic E-state index is -0.164. The number of morpholine rings is 1. The molecule has 0 radical (unpaired) electrons. The van der Waals surface area contributed by atoms with Crippen molar-refractivity contribution in [3.05, 3.63) is 0 Å². The first-order valence-corrected chi connectivity index (χ1v) is 6.90. The number of nitrogens with two attached hydrogens (primary N) is 1. The molecule has 0 aromatic rings. The van der Waals surface area contributed by atoms with Crippen molar-refractivity contribution in [1.82, 2.24) is 4.90 Å². The van der Waals surface area contributed by atoms with Crippen LogP contribution in [0.3, 0.4) is 0 Å². The monoisotopic (exact) mass is 237 g/mol. The first-order valence-electron chi connectivity index (χ1n) is 6.90. The van der Waals surface area contributed by atoms with Crippen molar-refractivity contribution in [2.24, 2.45) is 23.5 Å². The van der Waals surface area contributed by atoms with Gasteiger partial charge < -0.3 is 10.5 Å². The molecule has 0 aromatic carbocycles. The van der Waals surface area contributed by atoms with Gasteiger partial charge in [-0.2, -0.15) is 0 Å². The van der Waals surface area contributed by atoms with Crippen molar-refractivity contribution in [1.29, 1.82) is 5.41 Å². The van der Waals surface area contributed by atoms with Crippen molar-refractivity contribution >= 4 is 5.84 Å². The third-order valence-electron chi connectivity index (χ3n) is 4.87. The Labute approximate surface area is 103 Å². The number of rotatable bonds is 3. The zero-order valence-corrected chi connectivity index (χ0v) is 10.4. The van der Waals surface area contributed by atoms with Gasteiger partial charge in [0.15, 0.2) is 0 Å². The van der Waals surface area contributed by atoms with Crippen LogP contribution >= 0.6 is 0 Å². The maximum atomic E-state index is 7.47. The number of nitrogens with zero attached hydrogens (tertiary/aromatic N) is 1. The number of fused-ring (bicyclic) bond motifs is 2. The van der Waals surface area contributed by atoms with E-state index in [4.69, 9.17) is 15.9 Å². The van der Waals surface area contributed by atoms with Gasteiger partial charge in [-0.25, -0.2) is 0 Å². The normalized spacial score (nSPS) is 41.9. The lowest BCUT2D eigenvalue weighted by Gasteiger charge is -2.35. The molecule has 1 aliphatic heterocycles. The van der Waals surface area contributed by atoms with E-state index in [0.29, 0.717) is 0 Å². The Morgan fingerprint density at radius 1 is 1.35 bits per heavy atom. The molecule has 2 saturated carbocycles. The first kappa shape index (κ1) is 11.5. The Morgan fingerprint density at radius 2 is 2.24 bits per heavy atom. The molecule has 0 amide bonds. The largest absolute Gasteiger partial charge is 0.385 e. The molecule has 1 heterocycles. The van der Waals surface area contributed by atoms with E-state index in [1.54, 1.807) is 0 Å². The molecule has 3 N–H and O–H groups in total. The number of hydrogen-bond donors (Lipinski definition) is 2. The highest BCUT2D eigenvalue weighted by atomic mass is 16.5. The van der Waals surface area contributed by atoms with Crippen LogP contribution in [0.5, 0.6) is 0 Å². The van der Waals surface area contributed by atoms with E-state index < -0.39 is 0 Å². The second-order valence-corrected chi connectivity index (χ2v) is 6.01. The Morgan fingerprint density at radius 3 is 2.88 bits per heavy atom. The lowest BCUT2D eigenvalue weighted by atomic mass is 9.88. The summed E-state index contributed by atoms with van der Waals surface area (Å²) >= 11 is 0. The van der Waals surface area contributed by atoms with Crippen LogP contribution in [0.4, 0.5) is 0 Å². The van der Waals surface area contributed by atoms with E-state index >= 15 is 0 Å². The summed E-state index contributed by atoms with van der Waals surface area (Å²) in [5, 5.41) is 7.47. The molecule has 2 bridgehead atoms. The number of ether oxygens (including phenoxy) is 1. The molecule has 1 saturated heterocycles. The minimum Gasteiger partial charge on any atom is -0.385 e. The van der Waals surface area contributed by atoms with Gasteiger partial charge in [0.2, 0.25) is 0 Å². The van der Waals surface area contributed by atoms with Gasteiger partial charge in [0.1, 0.15) is 11.9 Å². The van der Waals surface area contributed by atoms with Gasteiger partial charge in [-0.1, -0.05) is 6.42 Å². The Kier molecular flexibility index (Phi) is 3.09. The van der Waals surface area contributed by atoms with Crippen LogP contribution in [0.15, 0.2) is 0 Å². The van der Waals surface area contributed by atoms with Crippen LogP contribution in [0.2, 0.25) is 0 Å². The van der Waals surface area contributed by atoms with E-state index in [2.05, 4.69) is 4.90 Å². The summed E-state index contributed by atoms with van der Waals surface area (Å²) in [5.74, 6) is 3.09. The van der Waals surface area contributed by atoms with E-state index in [1.807, 2.05) is 0 Å². The number of nitrogens with one attached hydrogen (secondary N) is 1. The van der Waals surface area contributed by atoms with Gasteiger partial charge in [-0.3, -0.25) is 10.3 Å². The molecule has 0 aromatic heterocycles. The van der Waals surface area contributed by atoms with Gasteiger partial charge in [0.25, 0.3) is 0 Å². The van der Waals surface area contributed by atoms with E-state index in [0.717, 1.165) is 37.5 Å². The molecule has 0 spiro atoms. The average molecular weight is 237 g/mol. The van der Waals surface area contributed by atoms with Crippen LogP contribution in [-0.2, 0) is 4.74 Å². The molecule has 4 unspecified atom stereocenters. The minimum absolute atomic E-state index is 0.164. The molecule has 4 atom stereocenters. The predicted octanol–water partition coefficient (Wildman–Crippen LogP) is 1.06. The van der Waals surface area contributed by atoms with Crippen molar-refractivity contribution in [3.8, 4) is 0 Å². The van der Waals surface area contributed by atoms with Gasteiger partial charge in [-0.05, 0) is 37.0 Å². The summed E-state index contributed by atoms with van der Waals surface area (Å²) in [4.78, 5) is 2.46. The predicted molar refractivity (Wildman–Crippen MR) is 67.0 cm³/mol. The smallest absolute Gasteiger partial charge is 0.127 e. The molecule has 2 aliphatic carbocycles. The van der Waals surface area contributed by atoms with Crippen LogP contribution in [0.1, 0.15) is 25.7 Å². The molecule has 3 rings (SSSR count). The summed E-state index contributed by atoms with van der Waals surface area (Å²) in [6.07, 6.45) is 5.68. The highest BCUT2D eigenvalue weighted by Crippen LogP contribution is 2.48. The molecule has 4 nitrogen and oxygen atoms in total. The second kappa shape index (κ2) is 4.58. The third-order valence-corrected chi connectivity index (χ3v) is 4.87. The topological polar surface area (TPSA) is 62.3 Å². The maximum Gasteiger partial charge on any atom is 0.127 e. The number of hydrogen-bond acceptors (Lipinski definition) is 3. The van der Waals surface area contributed by atoms with Crippen molar-refractivity contribution < 1.29 is 4.74 Å². The zero-order valence-electron chi connectivity index (χ0n) is 10.4. The van der Waals surface area contributed by atoms with E-state index in [1.165, 1.54) is 32.2 Å². The Hall–Kier alpha value is -0.610. The van der Waals surface area contributed by atoms with Gasteiger partial charge in [0.05, 0.1) is 6.61 Å². The van der Waals surface area contributed by atoms with Crippen molar-refractivity contribution in [3.63, 3.8) is 0 Å². The van der Waals surface area contributed by atoms with Crippen LogP contribution in [-0.4, -0.2) is 43.1 Å². The standard InChI is InChI=1S/C13H23N3O/c14-13(15)12-8-16(3-4-17-12)7-11-6-9-1-2-10(11)5-9/h9-12H,1-8H2,(H3,14,15). The van der Waals surface area contributed by atoms with E-state index in [9.17, 15) is 0 Å². The average Bonchev–Trinajstić information content (AvgIpc) is 2.91. The zero-order chi connectivity index (χ0) is 11.8. The summed E-state index contributed by atoms with van der Waals surface area (Å²) < 4.78 is 5.50.